The number of carbonyl (C=O) groups excluding carboxylic acids is 1. The first-order valence-electron chi connectivity index (χ1n) is 5.54. The Morgan fingerprint density at radius 1 is 1.59 bits per heavy atom. The van der Waals surface area contributed by atoms with Crippen LogP contribution < -0.4 is 0 Å². The third kappa shape index (κ3) is 1.93. The molecule has 0 heterocycles. The number of aliphatic hydroxyl groups excluding tert-OH is 1. The Balaban J connectivity index is 2.35. The van der Waals surface area contributed by atoms with Crippen molar-refractivity contribution in [2.24, 2.45) is 5.92 Å². The summed E-state index contributed by atoms with van der Waals surface area (Å²) in [5.74, 6) is -0.554. The maximum absolute atomic E-state index is 11.9. The van der Waals surface area contributed by atoms with E-state index in [9.17, 15) is 20.0 Å². The van der Waals surface area contributed by atoms with E-state index in [0.29, 0.717) is 24.0 Å². The summed E-state index contributed by atoms with van der Waals surface area (Å²) in [6.07, 6.45) is 0.228. The van der Waals surface area contributed by atoms with Crippen molar-refractivity contribution in [3.05, 3.63) is 39.4 Å². The van der Waals surface area contributed by atoms with Gasteiger partial charge < -0.3 is 5.11 Å². The van der Waals surface area contributed by atoms with Gasteiger partial charge in [-0.2, -0.15) is 0 Å². The van der Waals surface area contributed by atoms with E-state index in [4.69, 9.17) is 0 Å². The molecular weight excluding hydrogens is 222 g/mol. The fourth-order valence-electron chi connectivity index (χ4n) is 2.23. The second-order valence-electron chi connectivity index (χ2n) is 4.25. The summed E-state index contributed by atoms with van der Waals surface area (Å²) in [5.41, 5.74) is 1.16. The third-order valence-electron chi connectivity index (χ3n) is 3.22. The van der Waals surface area contributed by atoms with Crippen molar-refractivity contribution >= 4 is 11.5 Å². The Kier molecular flexibility index (Phi) is 2.93. The van der Waals surface area contributed by atoms with Crippen LogP contribution in [0.4, 0.5) is 5.69 Å². The predicted molar refractivity (Wildman–Crippen MR) is 60.9 cm³/mol. The van der Waals surface area contributed by atoms with Crippen LogP contribution in [0.1, 0.15) is 29.3 Å². The van der Waals surface area contributed by atoms with E-state index >= 15 is 0 Å². The topological polar surface area (TPSA) is 80.4 Å². The van der Waals surface area contributed by atoms with Crippen LogP contribution in [0.5, 0.6) is 0 Å². The lowest BCUT2D eigenvalue weighted by Gasteiger charge is -2.13. The zero-order valence-electron chi connectivity index (χ0n) is 9.42. The van der Waals surface area contributed by atoms with Gasteiger partial charge in [0.15, 0.2) is 5.78 Å². The molecule has 0 saturated heterocycles. The molecule has 1 N–H and O–H groups in total. The third-order valence-corrected chi connectivity index (χ3v) is 3.22. The number of hydrogen-bond donors (Lipinski definition) is 1. The number of ketones is 1. The molecule has 1 aliphatic carbocycles. The highest BCUT2D eigenvalue weighted by Crippen LogP contribution is 2.32. The number of hydrogen-bond acceptors (Lipinski definition) is 4. The van der Waals surface area contributed by atoms with Gasteiger partial charge in [0, 0.05) is 17.7 Å². The quantitative estimate of drug-likeness (QED) is 0.639. The molecule has 0 spiro atoms. The molecule has 0 bridgehead atoms. The van der Waals surface area contributed by atoms with Gasteiger partial charge in [-0.05, 0) is 24.5 Å². The number of rotatable bonds is 3. The van der Waals surface area contributed by atoms with Crippen molar-refractivity contribution in [2.45, 2.75) is 25.9 Å². The standard InChI is InChI=1S/C12H13NO4/c1-2-11(14)10-6-7-5-8(13(16)17)3-4-9(7)12(10)15/h3-5,10-11,14H,2,6H2,1H3. The molecule has 1 aromatic carbocycles. The van der Waals surface area contributed by atoms with E-state index in [2.05, 4.69) is 0 Å². The number of nitro benzene ring substituents is 1. The summed E-state index contributed by atoms with van der Waals surface area (Å²) in [6.45, 7) is 1.81. The van der Waals surface area contributed by atoms with Crippen molar-refractivity contribution in [1.29, 1.82) is 0 Å². The van der Waals surface area contributed by atoms with Crippen molar-refractivity contribution in [3.8, 4) is 0 Å². The molecule has 17 heavy (non-hydrogen) atoms. The van der Waals surface area contributed by atoms with Gasteiger partial charge in [-0.1, -0.05) is 6.92 Å². The van der Waals surface area contributed by atoms with Crippen LogP contribution in [0.15, 0.2) is 18.2 Å². The fourth-order valence-corrected chi connectivity index (χ4v) is 2.23. The Bertz CT molecular complexity index is 483. The van der Waals surface area contributed by atoms with Crippen LogP contribution in [-0.4, -0.2) is 21.9 Å². The van der Waals surface area contributed by atoms with Crippen LogP contribution in [0, 0.1) is 16.0 Å². The molecule has 5 heteroatoms. The SMILES string of the molecule is CCC(O)C1Cc2cc([N+](=O)[O-])ccc2C1=O. The monoisotopic (exact) mass is 235 g/mol. The van der Waals surface area contributed by atoms with Gasteiger partial charge in [0.25, 0.3) is 5.69 Å². The molecule has 0 aromatic heterocycles. The highest BCUT2D eigenvalue weighted by atomic mass is 16.6. The summed E-state index contributed by atoms with van der Waals surface area (Å²) in [6, 6.07) is 4.24. The summed E-state index contributed by atoms with van der Waals surface area (Å²) < 4.78 is 0. The van der Waals surface area contributed by atoms with E-state index in [1.54, 1.807) is 0 Å². The Morgan fingerprint density at radius 3 is 2.88 bits per heavy atom. The van der Waals surface area contributed by atoms with E-state index < -0.39 is 16.9 Å². The van der Waals surface area contributed by atoms with Crippen LogP contribution in [0.3, 0.4) is 0 Å². The van der Waals surface area contributed by atoms with Crippen LogP contribution >= 0.6 is 0 Å². The molecule has 1 aliphatic rings. The predicted octanol–water partition coefficient (Wildman–Crippen LogP) is 1.72. The number of aliphatic hydroxyl groups is 1. The summed E-state index contributed by atoms with van der Waals surface area (Å²) in [7, 11) is 0. The fraction of sp³-hybridized carbons (Fsp3) is 0.417. The first kappa shape index (κ1) is 11.7. The number of fused-ring (bicyclic) bond motifs is 1. The number of nitrogens with zero attached hydrogens (tertiary/aromatic N) is 1. The molecule has 2 atom stereocenters. The number of non-ortho nitro benzene ring substituents is 1. The van der Waals surface area contributed by atoms with E-state index in [0.717, 1.165) is 0 Å². The van der Waals surface area contributed by atoms with Crippen LogP contribution in [-0.2, 0) is 6.42 Å². The van der Waals surface area contributed by atoms with E-state index in [1.165, 1.54) is 18.2 Å². The van der Waals surface area contributed by atoms with Crippen molar-refractivity contribution < 1.29 is 14.8 Å². The van der Waals surface area contributed by atoms with Crippen molar-refractivity contribution in [3.63, 3.8) is 0 Å². The summed E-state index contributed by atoms with van der Waals surface area (Å²) in [4.78, 5) is 22.1. The normalized spacial score (nSPS) is 20.1. The Morgan fingerprint density at radius 2 is 2.29 bits per heavy atom. The van der Waals surface area contributed by atoms with Gasteiger partial charge >= 0.3 is 0 Å². The number of carbonyl (C=O) groups is 1. The van der Waals surface area contributed by atoms with Crippen LogP contribution in [0.2, 0.25) is 0 Å². The summed E-state index contributed by atoms with van der Waals surface area (Å²) in [5, 5.41) is 20.3. The second-order valence-corrected chi connectivity index (χ2v) is 4.25. The molecule has 0 fully saturated rings. The van der Waals surface area contributed by atoms with Gasteiger partial charge in [0.05, 0.1) is 16.9 Å². The zero-order chi connectivity index (χ0) is 12.6. The smallest absolute Gasteiger partial charge is 0.269 e. The molecule has 0 aliphatic heterocycles. The second kappa shape index (κ2) is 4.25. The Labute approximate surface area is 98.2 Å². The van der Waals surface area contributed by atoms with Crippen LogP contribution in [0.25, 0.3) is 0 Å². The number of benzene rings is 1. The number of Topliss-reactive ketones (excluding diaryl/α,β-unsaturated/α-hetero) is 1. The zero-order valence-corrected chi connectivity index (χ0v) is 9.42. The van der Waals surface area contributed by atoms with E-state index in [-0.39, 0.29) is 11.5 Å². The van der Waals surface area contributed by atoms with Crippen molar-refractivity contribution in [1.82, 2.24) is 0 Å². The van der Waals surface area contributed by atoms with Gasteiger partial charge in [-0.15, -0.1) is 0 Å². The minimum absolute atomic E-state index is 0.0109. The minimum atomic E-state index is -0.672. The lowest BCUT2D eigenvalue weighted by atomic mass is 9.96. The molecule has 0 amide bonds. The highest BCUT2D eigenvalue weighted by Gasteiger charge is 2.35. The maximum atomic E-state index is 11.9. The van der Waals surface area contributed by atoms with E-state index in [1.807, 2.05) is 6.92 Å². The maximum Gasteiger partial charge on any atom is 0.269 e. The molecule has 1 aromatic rings. The molecule has 2 rings (SSSR count). The van der Waals surface area contributed by atoms with Gasteiger partial charge in [-0.3, -0.25) is 14.9 Å². The lowest BCUT2D eigenvalue weighted by Crippen LogP contribution is -2.24. The highest BCUT2D eigenvalue weighted by molar-refractivity contribution is 6.02. The Hall–Kier alpha value is -1.75. The minimum Gasteiger partial charge on any atom is -0.392 e. The molecule has 5 nitrogen and oxygen atoms in total. The lowest BCUT2D eigenvalue weighted by molar-refractivity contribution is -0.384. The first-order chi connectivity index (χ1) is 8.04. The molecule has 2 unspecified atom stereocenters. The summed E-state index contributed by atoms with van der Waals surface area (Å²) >= 11 is 0. The largest absolute Gasteiger partial charge is 0.392 e. The molecule has 0 saturated carbocycles. The van der Waals surface area contributed by atoms with Gasteiger partial charge in [-0.25, -0.2) is 0 Å². The molecule has 0 radical (unpaired) electrons. The molecule has 90 valence electrons. The molecular formula is C12H13NO4. The van der Waals surface area contributed by atoms with Crippen molar-refractivity contribution in [2.75, 3.05) is 0 Å². The first-order valence-corrected chi connectivity index (χ1v) is 5.54. The average Bonchev–Trinajstić information content (AvgIpc) is 2.65. The van der Waals surface area contributed by atoms with Gasteiger partial charge in [0.2, 0.25) is 0 Å². The van der Waals surface area contributed by atoms with Gasteiger partial charge in [0.1, 0.15) is 0 Å². The average molecular weight is 235 g/mol. The number of nitro groups is 1.